The molecule has 2 heteroatoms. The van der Waals surface area contributed by atoms with Crippen LogP contribution in [-0.4, -0.2) is 12.6 Å². The Labute approximate surface area is 93.0 Å². The number of piperidine rings is 1. The smallest absolute Gasteiger partial charge is 0.0175 e. The van der Waals surface area contributed by atoms with Gasteiger partial charge in [0.1, 0.15) is 0 Å². The largest absolute Gasteiger partial charge is 0.314 e. The molecule has 1 aromatic rings. The Bertz CT molecular complexity index is 333. The fourth-order valence-corrected chi connectivity index (χ4v) is 3.22. The minimum atomic E-state index is 0.800. The van der Waals surface area contributed by atoms with Crippen molar-refractivity contribution in [2.75, 3.05) is 6.54 Å². The third kappa shape index (κ3) is 1.41. The van der Waals surface area contributed by atoms with Crippen LogP contribution in [0.1, 0.15) is 24.3 Å². The van der Waals surface area contributed by atoms with Gasteiger partial charge in [-0.1, -0.05) is 28.1 Å². The molecule has 0 amide bonds. The Hall–Kier alpha value is -0.340. The van der Waals surface area contributed by atoms with Gasteiger partial charge in [0, 0.05) is 10.5 Å². The van der Waals surface area contributed by atoms with Crippen LogP contribution in [0.2, 0.25) is 0 Å². The SMILES string of the molecule is Brc1ccc(C2CC3CC2CN3)cc1. The predicted octanol–water partition coefficient (Wildman–Crippen LogP) is 2.91. The van der Waals surface area contributed by atoms with Crippen LogP contribution in [0.5, 0.6) is 0 Å². The van der Waals surface area contributed by atoms with E-state index in [1.54, 1.807) is 0 Å². The van der Waals surface area contributed by atoms with E-state index in [-0.39, 0.29) is 0 Å². The first-order chi connectivity index (χ1) is 6.83. The molecule has 2 aliphatic rings. The summed E-state index contributed by atoms with van der Waals surface area (Å²) in [6.45, 7) is 1.23. The van der Waals surface area contributed by atoms with Gasteiger partial charge < -0.3 is 5.32 Å². The van der Waals surface area contributed by atoms with E-state index in [0.29, 0.717) is 0 Å². The van der Waals surface area contributed by atoms with Crippen LogP contribution in [0.3, 0.4) is 0 Å². The molecule has 2 bridgehead atoms. The van der Waals surface area contributed by atoms with E-state index in [1.807, 2.05) is 0 Å². The number of fused-ring (bicyclic) bond motifs is 2. The molecule has 1 N–H and O–H groups in total. The summed E-state index contributed by atoms with van der Waals surface area (Å²) in [7, 11) is 0. The summed E-state index contributed by atoms with van der Waals surface area (Å²) in [6.07, 6.45) is 2.73. The zero-order valence-corrected chi connectivity index (χ0v) is 9.63. The van der Waals surface area contributed by atoms with Crippen molar-refractivity contribution >= 4 is 15.9 Å². The molecule has 3 rings (SSSR count). The molecule has 14 heavy (non-hydrogen) atoms. The fraction of sp³-hybridized carbons (Fsp3) is 0.500. The third-order valence-corrected chi connectivity index (χ3v) is 4.19. The van der Waals surface area contributed by atoms with Gasteiger partial charge in [-0.2, -0.15) is 0 Å². The lowest BCUT2D eigenvalue weighted by molar-refractivity contribution is 0.441. The molecule has 2 fully saturated rings. The van der Waals surface area contributed by atoms with E-state index in [0.717, 1.165) is 17.9 Å². The molecular weight excluding hydrogens is 238 g/mol. The fourth-order valence-electron chi connectivity index (χ4n) is 2.95. The molecule has 3 atom stereocenters. The normalized spacial score (nSPS) is 35.1. The molecule has 1 saturated heterocycles. The zero-order valence-electron chi connectivity index (χ0n) is 8.04. The van der Waals surface area contributed by atoms with Crippen molar-refractivity contribution < 1.29 is 0 Å². The van der Waals surface area contributed by atoms with Crippen molar-refractivity contribution in [2.45, 2.75) is 24.8 Å². The highest BCUT2D eigenvalue weighted by Gasteiger charge is 2.39. The molecular formula is C12H14BrN. The quantitative estimate of drug-likeness (QED) is 0.810. The first-order valence-corrected chi connectivity index (χ1v) is 6.11. The van der Waals surface area contributed by atoms with Crippen molar-refractivity contribution in [2.24, 2.45) is 5.92 Å². The first-order valence-electron chi connectivity index (χ1n) is 5.32. The van der Waals surface area contributed by atoms with Crippen molar-refractivity contribution in [3.63, 3.8) is 0 Å². The average molecular weight is 252 g/mol. The summed E-state index contributed by atoms with van der Waals surface area (Å²) in [5.41, 5.74) is 1.53. The van der Waals surface area contributed by atoms with E-state index < -0.39 is 0 Å². The number of halogens is 1. The molecule has 74 valence electrons. The second-order valence-corrected chi connectivity index (χ2v) is 5.41. The Morgan fingerprint density at radius 1 is 1.14 bits per heavy atom. The topological polar surface area (TPSA) is 12.0 Å². The lowest BCUT2D eigenvalue weighted by Crippen LogP contribution is -2.28. The predicted molar refractivity (Wildman–Crippen MR) is 61.4 cm³/mol. The third-order valence-electron chi connectivity index (χ3n) is 3.66. The summed E-state index contributed by atoms with van der Waals surface area (Å²) in [6, 6.07) is 9.67. The second kappa shape index (κ2) is 3.35. The van der Waals surface area contributed by atoms with Gasteiger partial charge in [0.05, 0.1) is 0 Å². The number of benzene rings is 1. The van der Waals surface area contributed by atoms with Gasteiger partial charge >= 0.3 is 0 Å². The molecule has 1 aliphatic heterocycles. The second-order valence-electron chi connectivity index (χ2n) is 4.49. The highest BCUT2D eigenvalue weighted by molar-refractivity contribution is 9.10. The van der Waals surface area contributed by atoms with E-state index >= 15 is 0 Å². The van der Waals surface area contributed by atoms with Gasteiger partial charge in [0.15, 0.2) is 0 Å². The molecule has 1 aromatic carbocycles. The van der Waals surface area contributed by atoms with Crippen LogP contribution in [0.4, 0.5) is 0 Å². The average Bonchev–Trinajstić information content (AvgIpc) is 2.80. The van der Waals surface area contributed by atoms with Gasteiger partial charge in [-0.15, -0.1) is 0 Å². The monoisotopic (exact) mass is 251 g/mol. The molecule has 0 radical (unpaired) electrons. The number of rotatable bonds is 1. The maximum Gasteiger partial charge on any atom is 0.0175 e. The van der Waals surface area contributed by atoms with Gasteiger partial charge in [-0.3, -0.25) is 0 Å². The molecule has 3 unspecified atom stereocenters. The number of hydrogen-bond acceptors (Lipinski definition) is 1. The molecule has 1 saturated carbocycles. The van der Waals surface area contributed by atoms with Gasteiger partial charge in [0.25, 0.3) is 0 Å². The lowest BCUT2D eigenvalue weighted by Gasteiger charge is -2.22. The van der Waals surface area contributed by atoms with Crippen LogP contribution in [0.15, 0.2) is 28.7 Å². The molecule has 0 aromatic heterocycles. The molecule has 1 heterocycles. The van der Waals surface area contributed by atoms with E-state index in [1.165, 1.54) is 29.4 Å². The minimum absolute atomic E-state index is 0.800. The molecule has 0 spiro atoms. The Morgan fingerprint density at radius 2 is 1.93 bits per heavy atom. The number of nitrogens with one attached hydrogen (secondary N) is 1. The van der Waals surface area contributed by atoms with Crippen LogP contribution >= 0.6 is 15.9 Å². The van der Waals surface area contributed by atoms with Crippen molar-refractivity contribution in [3.05, 3.63) is 34.3 Å². The number of hydrogen-bond donors (Lipinski definition) is 1. The summed E-state index contributed by atoms with van der Waals surface area (Å²) in [5, 5.41) is 3.56. The van der Waals surface area contributed by atoms with Gasteiger partial charge in [0.2, 0.25) is 0 Å². The maximum absolute atomic E-state index is 3.56. The Balaban J connectivity index is 1.86. The van der Waals surface area contributed by atoms with Crippen molar-refractivity contribution in [1.29, 1.82) is 0 Å². The van der Waals surface area contributed by atoms with Crippen molar-refractivity contribution in [3.8, 4) is 0 Å². The van der Waals surface area contributed by atoms with Crippen LogP contribution in [0, 0.1) is 5.92 Å². The summed E-state index contributed by atoms with van der Waals surface area (Å²) >= 11 is 3.48. The van der Waals surface area contributed by atoms with Crippen LogP contribution < -0.4 is 5.32 Å². The summed E-state index contributed by atoms with van der Waals surface area (Å²) in [5.74, 6) is 1.70. The highest BCUT2D eigenvalue weighted by atomic mass is 79.9. The summed E-state index contributed by atoms with van der Waals surface area (Å²) < 4.78 is 1.18. The van der Waals surface area contributed by atoms with Crippen LogP contribution in [0.25, 0.3) is 0 Å². The van der Waals surface area contributed by atoms with Gasteiger partial charge in [-0.25, -0.2) is 0 Å². The molecule has 1 aliphatic carbocycles. The van der Waals surface area contributed by atoms with Crippen LogP contribution in [-0.2, 0) is 0 Å². The standard InChI is InChI=1S/C12H14BrN/c13-10-3-1-8(2-4-10)12-6-11-5-9(12)7-14-11/h1-4,9,11-12,14H,5-7H2. The van der Waals surface area contributed by atoms with E-state index in [2.05, 4.69) is 45.5 Å². The summed E-state index contributed by atoms with van der Waals surface area (Å²) in [4.78, 5) is 0. The first kappa shape index (κ1) is 8.93. The van der Waals surface area contributed by atoms with Crippen molar-refractivity contribution in [1.82, 2.24) is 5.32 Å². The Kier molecular flexibility index (Phi) is 2.14. The van der Waals surface area contributed by atoms with E-state index in [9.17, 15) is 0 Å². The lowest BCUT2D eigenvalue weighted by atomic mass is 9.88. The van der Waals surface area contributed by atoms with Gasteiger partial charge in [-0.05, 0) is 48.9 Å². The molecule has 1 nitrogen and oxygen atoms in total. The van der Waals surface area contributed by atoms with E-state index in [4.69, 9.17) is 0 Å². The highest BCUT2D eigenvalue weighted by Crippen LogP contribution is 2.43. The Morgan fingerprint density at radius 3 is 2.50 bits per heavy atom. The minimum Gasteiger partial charge on any atom is -0.314 e. The maximum atomic E-state index is 3.56. The zero-order chi connectivity index (χ0) is 9.54.